The summed E-state index contributed by atoms with van der Waals surface area (Å²) in [7, 11) is 1.62. The van der Waals surface area contributed by atoms with E-state index in [1.807, 2.05) is 42.5 Å². The molecule has 3 N–H and O–H groups in total. The minimum atomic E-state index is -0.419. The van der Waals surface area contributed by atoms with Gasteiger partial charge in [0.15, 0.2) is 0 Å². The highest BCUT2D eigenvalue weighted by Crippen LogP contribution is 2.15. The number of aryl methyl sites for hydroxylation is 2. The molecule has 8 nitrogen and oxygen atoms in total. The van der Waals surface area contributed by atoms with Gasteiger partial charge in [0.25, 0.3) is 0 Å². The molecular formula is C25H34N2O6. The summed E-state index contributed by atoms with van der Waals surface area (Å²) in [6.07, 6.45) is 4.11. The number of amides is 2. The Bertz CT molecular complexity index is 841. The lowest BCUT2D eigenvalue weighted by molar-refractivity contribution is -0.128. The maximum atomic E-state index is 12.0. The molecule has 2 aromatic rings. The van der Waals surface area contributed by atoms with Crippen molar-refractivity contribution in [1.29, 1.82) is 0 Å². The van der Waals surface area contributed by atoms with Crippen LogP contribution < -0.4 is 10.8 Å². The quantitative estimate of drug-likeness (QED) is 0.203. The van der Waals surface area contributed by atoms with Crippen LogP contribution in [0.1, 0.15) is 29.5 Å². The monoisotopic (exact) mass is 458 g/mol. The Labute approximate surface area is 195 Å². The molecule has 0 aliphatic rings. The van der Waals surface area contributed by atoms with Crippen molar-refractivity contribution < 1.29 is 29.0 Å². The molecule has 2 rings (SSSR count). The molecule has 0 saturated heterocycles. The Kier molecular flexibility index (Phi) is 12.8. The standard InChI is InChI=1S/C25H34N2O6/c1-31-13-14-32-15-16-33-19-25(29)26-23-8-4-7-21(17-23)6-3-2-5-20-9-11-22(12-10-20)18-24(28)27-30/h4,7-12,17,30H,2-3,5-6,13-16,18-19H2,1H3,(H,26,29)(H,27,28). The summed E-state index contributed by atoms with van der Waals surface area (Å²) >= 11 is 0. The normalized spacial score (nSPS) is 10.7. The first-order valence-electron chi connectivity index (χ1n) is 11.1. The molecule has 0 unspecified atom stereocenters. The largest absolute Gasteiger partial charge is 0.382 e. The zero-order chi connectivity index (χ0) is 23.7. The Morgan fingerprint density at radius 3 is 2.21 bits per heavy atom. The summed E-state index contributed by atoms with van der Waals surface area (Å²) in [5.74, 6) is -0.610. The van der Waals surface area contributed by atoms with Crippen molar-refractivity contribution in [3.05, 3.63) is 65.2 Å². The number of nitrogens with one attached hydrogen (secondary N) is 2. The Hall–Kier alpha value is -2.78. The van der Waals surface area contributed by atoms with Gasteiger partial charge in [0.05, 0.1) is 32.8 Å². The summed E-state index contributed by atoms with van der Waals surface area (Å²) in [6, 6.07) is 15.7. The number of hydroxylamine groups is 1. The highest BCUT2D eigenvalue weighted by molar-refractivity contribution is 5.91. The third-order valence-electron chi connectivity index (χ3n) is 4.94. The molecule has 8 heteroatoms. The second-order valence-corrected chi connectivity index (χ2v) is 7.64. The predicted molar refractivity (Wildman–Crippen MR) is 125 cm³/mol. The molecule has 0 bridgehead atoms. The zero-order valence-electron chi connectivity index (χ0n) is 19.2. The lowest BCUT2D eigenvalue weighted by Crippen LogP contribution is -2.20. The number of ether oxygens (including phenoxy) is 3. The summed E-state index contributed by atoms with van der Waals surface area (Å²) in [4.78, 5) is 23.2. The van der Waals surface area contributed by atoms with Gasteiger partial charge >= 0.3 is 0 Å². The number of anilines is 1. The van der Waals surface area contributed by atoms with Crippen molar-refractivity contribution >= 4 is 17.5 Å². The van der Waals surface area contributed by atoms with Gasteiger partial charge in [-0.2, -0.15) is 0 Å². The number of hydrogen-bond acceptors (Lipinski definition) is 6. The van der Waals surface area contributed by atoms with E-state index >= 15 is 0 Å². The van der Waals surface area contributed by atoms with Crippen molar-refractivity contribution in [1.82, 2.24) is 5.48 Å². The van der Waals surface area contributed by atoms with Crippen LogP contribution in [0.25, 0.3) is 0 Å². The molecule has 33 heavy (non-hydrogen) atoms. The van der Waals surface area contributed by atoms with Crippen LogP contribution in [0, 0.1) is 0 Å². The van der Waals surface area contributed by atoms with Gasteiger partial charge in [0.2, 0.25) is 11.8 Å². The number of hydrogen-bond donors (Lipinski definition) is 3. The maximum Gasteiger partial charge on any atom is 0.250 e. The van der Waals surface area contributed by atoms with Gasteiger partial charge in [-0.25, -0.2) is 5.48 Å². The predicted octanol–water partition coefficient (Wildman–Crippen LogP) is 2.92. The fourth-order valence-electron chi connectivity index (χ4n) is 3.24. The lowest BCUT2D eigenvalue weighted by Gasteiger charge is -2.09. The van der Waals surface area contributed by atoms with Gasteiger partial charge in [-0.1, -0.05) is 36.4 Å². The van der Waals surface area contributed by atoms with E-state index in [-0.39, 0.29) is 18.9 Å². The number of methoxy groups -OCH3 is 1. The van der Waals surface area contributed by atoms with E-state index in [9.17, 15) is 9.59 Å². The summed E-state index contributed by atoms with van der Waals surface area (Å²) in [5, 5.41) is 11.5. The van der Waals surface area contributed by atoms with Gasteiger partial charge in [0, 0.05) is 12.8 Å². The van der Waals surface area contributed by atoms with Gasteiger partial charge < -0.3 is 19.5 Å². The molecule has 0 heterocycles. The first-order chi connectivity index (χ1) is 16.1. The molecule has 180 valence electrons. The van der Waals surface area contributed by atoms with Crippen LogP contribution >= 0.6 is 0 Å². The summed E-state index contributed by atoms with van der Waals surface area (Å²) < 4.78 is 15.5. The average Bonchev–Trinajstić information content (AvgIpc) is 2.82. The zero-order valence-corrected chi connectivity index (χ0v) is 19.2. The van der Waals surface area contributed by atoms with E-state index in [1.165, 1.54) is 11.1 Å². The average molecular weight is 459 g/mol. The Morgan fingerprint density at radius 2 is 1.48 bits per heavy atom. The number of carbonyl (C=O) groups is 2. The first-order valence-corrected chi connectivity index (χ1v) is 11.1. The third-order valence-corrected chi connectivity index (χ3v) is 4.94. The van der Waals surface area contributed by atoms with Gasteiger partial charge in [0.1, 0.15) is 6.61 Å². The Morgan fingerprint density at radius 1 is 0.818 bits per heavy atom. The van der Waals surface area contributed by atoms with Crippen LogP contribution in [0.2, 0.25) is 0 Å². The molecule has 2 amide bonds. The Balaban J connectivity index is 1.64. The molecule has 0 aromatic heterocycles. The fraction of sp³-hybridized carbons (Fsp3) is 0.440. The van der Waals surface area contributed by atoms with E-state index in [4.69, 9.17) is 19.4 Å². The molecule has 0 saturated carbocycles. The van der Waals surface area contributed by atoms with E-state index in [0.29, 0.717) is 26.4 Å². The van der Waals surface area contributed by atoms with Crippen LogP contribution in [0.3, 0.4) is 0 Å². The van der Waals surface area contributed by atoms with Gasteiger partial charge in [-0.3, -0.25) is 14.8 Å². The van der Waals surface area contributed by atoms with E-state index in [0.717, 1.165) is 36.9 Å². The topological polar surface area (TPSA) is 106 Å². The van der Waals surface area contributed by atoms with Crippen molar-refractivity contribution in [3.63, 3.8) is 0 Å². The minimum Gasteiger partial charge on any atom is -0.382 e. The van der Waals surface area contributed by atoms with E-state index in [1.54, 1.807) is 12.6 Å². The van der Waals surface area contributed by atoms with Crippen LogP contribution in [-0.4, -0.2) is 57.2 Å². The molecule has 2 aromatic carbocycles. The van der Waals surface area contributed by atoms with Gasteiger partial charge in [-0.05, 0) is 54.5 Å². The van der Waals surface area contributed by atoms with Crippen molar-refractivity contribution in [2.45, 2.75) is 32.1 Å². The molecule has 0 atom stereocenters. The SMILES string of the molecule is COCCOCCOCC(=O)Nc1cccc(CCCCc2ccc(CC(=O)NO)cc2)c1. The maximum absolute atomic E-state index is 12.0. The molecule has 0 fully saturated rings. The second kappa shape index (κ2) is 15.9. The van der Waals surface area contributed by atoms with Crippen LogP contribution in [0.15, 0.2) is 48.5 Å². The molecule has 0 aliphatic carbocycles. The van der Waals surface area contributed by atoms with Crippen molar-refractivity contribution in [2.75, 3.05) is 45.5 Å². The van der Waals surface area contributed by atoms with Crippen molar-refractivity contribution in [2.24, 2.45) is 0 Å². The summed E-state index contributed by atoms with van der Waals surface area (Å²) in [5.41, 5.74) is 5.66. The van der Waals surface area contributed by atoms with E-state index < -0.39 is 5.91 Å². The van der Waals surface area contributed by atoms with Gasteiger partial charge in [-0.15, -0.1) is 0 Å². The summed E-state index contributed by atoms with van der Waals surface area (Å²) in [6.45, 7) is 1.82. The minimum absolute atomic E-state index is 0.0126. The number of unbranched alkanes of at least 4 members (excludes halogenated alkanes) is 1. The number of benzene rings is 2. The third kappa shape index (κ3) is 11.6. The molecule has 0 spiro atoms. The van der Waals surface area contributed by atoms with Crippen LogP contribution in [-0.2, 0) is 43.1 Å². The smallest absolute Gasteiger partial charge is 0.250 e. The number of carbonyl (C=O) groups excluding carboxylic acids is 2. The van der Waals surface area contributed by atoms with Crippen molar-refractivity contribution in [3.8, 4) is 0 Å². The first kappa shape index (κ1) is 26.5. The molecule has 0 radical (unpaired) electrons. The highest BCUT2D eigenvalue weighted by Gasteiger charge is 2.05. The van der Waals surface area contributed by atoms with Crippen LogP contribution in [0.5, 0.6) is 0 Å². The molecule has 0 aliphatic heterocycles. The molecular weight excluding hydrogens is 424 g/mol. The lowest BCUT2D eigenvalue weighted by atomic mass is 10.0. The van der Waals surface area contributed by atoms with E-state index in [2.05, 4.69) is 11.4 Å². The number of rotatable bonds is 16. The fourth-order valence-corrected chi connectivity index (χ4v) is 3.24. The second-order valence-electron chi connectivity index (χ2n) is 7.64. The highest BCUT2D eigenvalue weighted by atomic mass is 16.5. The van der Waals surface area contributed by atoms with Crippen LogP contribution in [0.4, 0.5) is 5.69 Å².